The van der Waals surface area contributed by atoms with Crippen LogP contribution in [0.5, 0.6) is 0 Å². The van der Waals surface area contributed by atoms with Gasteiger partial charge in [-0.1, -0.05) is 0 Å². The molecule has 3 heterocycles. The summed E-state index contributed by atoms with van der Waals surface area (Å²) >= 11 is 0. The van der Waals surface area contributed by atoms with Crippen molar-refractivity contribution in [2.75, 3.05) is 13.2 Å². The van der Waals surface area contributed by atoms with Gasteiger partial charge in [0.05, 0.1) is 11.9 Å². The number of nitrogens with zero attached hydrogens (tertiary/aromatic N) is 3. The van der Waals surface area contributed by atoms with Gasteiger partial charge in [0.15, 0.2) is 17.1 Å². The molecule has 0 unspecified atom stereocenters. The van der Waals surface area contributed by atoms with Crippen molar-refractivity contribution in [3.63, 3.8) is 0 Å². The number of carbonyl (C=O) groups is 2. The van der Waals surface area contributed by atoms with E-state index >= 15 is 0 Å². The van der Waals surface area contributed by atoms with Crippen LogP contribution in [-0.4, -0.2) is 68.4 Å². The zero-order valence-electron chi connectivity index (χ0n) is 22.0. The van der Waals surface area contributed by atoms with Crippen LogP contribution in [-0.2, 0) is 9.53 Å². The number of ether oxygens (including phenoxy) is 1. The van der Waals surface area contributed by atoms with E-state index in [0.29, 0.717) is 30.8 Å². The first-order valence-corrected chi connectivity index (χ1v) is 13.5. The largest absolute Gasteiger partial charge is 0.417 e. The van der Waals surface area contributed by atoms with Crippen molar-refractivity contribution < 1.29 is 31.9 Å². The lowest BCUT2D eigenvalue weighted by atomic mass is 9.80. The minimum Gasteiger partial charge on any atom is -0.366 e. The van der Waals surface area contributed by atoms with Crippen LogP contribution in [0.4, 0.5) is 17.6 Å². The van der Waals surface area contributed by atoms with E-state index in [1.165, 1.54) is 6.07 Å². The molecule has 12 heteroatoms. The van der Waals surface area contributed by atoms with E-state index in [2.05, 4.69) is 20.5 Å². The number of halogens is 4. The number of pyridine rings is 1. The molecule has 8 nitrogen and oxygen atoms in total. The molecular weight excluding hydrogens is 518 g/mol. The van der Waals surface area contributed by atoms with Gasteiger partial charge in [0.25, 0.3) is 5.91 Å². The summed E-state index contributed by atoms with van der Waals surface area (Å²) < 4.78 is 60.3. The number of hydrogen-bond acceptors (Lipinski definition) is 5. The Labute approximate surface area is 223 Å². The van der Waals surface area contributed by atoms with E-state index in [1.807, 2.05) is 0 Å². The standard InChI is InChI=1S/C27H33F4N5O3/c1-3-39-26(27(29,30)31)7-4-18(5-8-26)33-23(37)17-6-11-36(25(14-17)9-10-25)24(38)22-13-21(34-35-22)19-12-16(2)32-15-20(19)28/h12-13,15,17-18H,3-11,14H2,1-2H3,(H,33,37)(H,34,35)/t17-,18?,26?/m1/s1. The van der Waals surface area contributed by atoms with Gasteiger partial charge in [-0.15, -0.1) is 0 Å². The van der Waals surface area contributed by atoms with Crippen molar-refractivity contribution in [2.24, 2.45) is 5.92 Å². The van der Waals surface area contributed by atoms with E-state index in [1.54, 1.807) is 24.8 Å². The van der Waals surface area contributed by atoms with E-state index < -0.39 is 23.1 Å². The van der Waals surface area contributed by atoms with E-state index in [4.69, 9.17) is 4.74 Å². The quantitative estimate of drug-likeness (QED) is 0.507. The molecule has 2 amide bonds. The second-order valence-corrected chi connectivity index (χ2v) is 11.1. The number of aromatic nitrogens is 3. The maximum atomic E-state index is 14.3. The third-order valence-corrected chi connectivity index (χ3v) is 8.50. The Morgan fingerprint density at radius 2 is 1.90 bits per heavy atom. The average molecular weight is 552 g/mol. The Bertz CT molecular complexity index is 1230. The highest BCUT2D eigenvalue weighted by Crippen LogP contribution is 2.51. The van der Waals surface area contributed by atoms with Gasteiger partial charge in [0, 0.05) is 41.9 Å². The van der Waals surface area contributed by atoms with Crippen LogP contribution >= 0.6 is 0 Å². The number of likely N-dealkylation sites (tertiary alicyclic amines) is 1. The number of H-pyrrole nitrogens is 1. The molecule has 1 aliphatic heterocycles. The molecule has 3 aliphatic rings. The van der Waals surface area contributed by atoms with Crippen molar-refractivity contribution >= 4 is 11.8 Å². The molecule has 2 N–H and O–H groups in total. The second-order valence-electron chi connectivity index (χ2n) is 11.1. The molecule has 2 saturated carbocycles. The third kappa shape index (κ3) is 5.27. The number of amides is 2. The minimum absolute atomic E-state index is 0.0181. The monoisotopic (exact) mass is 551 g/mol. The summed E-state index contributed by atoms with van der Waals surface area (Å²) in [6, 6.07) is 2.78. The summed E-state index contributed by atoms with van der Waals surface area (Å²) in [6.07, 6.45) is -0.794. The van der Waals surface area contributed by atoms with Gasteiger partial charge in [0.2, 0.25) is 5.91 Å². The zero-order chi connectivity index (χ0) is 28.0. The number of nitrogens with one attached hydrogen (secondary N) is 2. The summed E-state index contributed by atoms with van der Waals surface area (Å²) in [4.78, 5) is 32.2. The molecule has 1 atom stereocenters. The minimum atomic E-state index is -4.45. The molecule has 3 fully saturated rings. The van der Waals surface area contributed by atoms with Gasteiger partial charge in [-0.05, 0) is 77.3 Å². The predicted molar refractivity (Wildman–Crippen MR) is 133 cm³/mol. The maximum absolute atomic E-state index is 14.3. The SMILES string of the molecule is CCOC1(C(F)(F)F)CCC(NC(=O)[C@@H]2CCN(C(=O)c3cc(-c4cc(C)ncc4F)[nH]n3)C3(CC3)C2)CC1. The number of carbonyl (C=O) groups excluding carboxylic acids is 2. The normalized spacial score (nSPS) is 26.5. The summed E-state index contributed by atoms with van der Waals surface area (Å²) in [5, 5.41) is 9.85. The van der Waals surface area contributed by atoms with Crippen LogP contribution in [0.3, 0.4) is 0 Å². The van der Waals surface area contributed by atoms with Crippen molar-refractivity contribution in [1.82, 2.24) is 25.4 Å². The Balaban J connectivity index is 1.19. The van der Waals surface area contributed by atoms with Crippen LogP contribution < -0.4 is 5.32 Å². The Kier molecular flexibility index (Phi) is 7.19. The molecule has 2 aromatic rings. The van der Waals surface area contributed by atoms with Gasteiger partial charge in [-0.25, -0.2) is 4.39 Å². The van der Waals surface area contributed by atoms with Crippen molar-refractivity contribution in [3.05, 3.63) is 35.5 Å². The highest BCUT2D eigenvalue weighted by atomic mass is 19.4. The number of piperidine rings is 1. The fourth-order valence-electron chi connectivity index (χ4n) is 6.14. The van der Waals surface area contributed by atoms with E-state index in [0.717, 1.165) is 19.0 Å². The zero-order valence-corrected chi connectivity index (χ0v) is 22.0. The Hall–Kier alpha value is -3.02. The average Bonchev–Trinajstić information content (AvgIpc) is 3.47. The van der Waals surface area contributed by atoms with Crippen molar-refractivity contribution in [2.45, 2.75) is 88.6 Å². The maximum Gasteiger partial charge on any atom is 0.417 e. The van der Waals surface area contributed by atoms with Crippen LogP contribution in [0.1, 0.15) is 74.5 Å². The molecule has 212 valence electrons. The molecule has 2 aliphatic carbocycles. The third-order valence-electron chi connectivity index (χ3n) is 8.50. The molecule has 0 aromatic carbocycles. The van der Waals surface area contributed by atoms with Crippen molar-refractivity contribution in [1.29, 1.82) is 0 Å². The number of aryl methyl sites for hydroxylation is 1. The number of aromatic amines is 1. The van der Waals surface area contributed by atoms with Crippen LogP contribution in [0, 0.1) is 18.7 Å². The summed E-state index contributed by atoms with van der Waals surface area (Å²) in [5.74, 6) is -1.28. The van der Waals surface area contributed by atoms with Crippen molar-refractivity contribution in [3.8, 4) is 11.3 Å². The van der Waals surface area contributed by atoms with Gasteiger partial charge >= 0.3 is 6.18 Å². The summed E-state index contributed by atoms with van der Waals surface area (Å²) in [6.45, 7) is 3.65. The Morgan fingerprint density at radius 3 is 2.54 bits per heavy atom. The molecule has 39 heavy (non-hydrogen) atoms. The Morgan fingerprint density at radius 1 is 1.18 bits per heavy atom. The molecular formula is C27H33F4N5O3. The first kappa shape index (κ1) is 27.5. The van der Waals surface area contributed by atoms with Crippen LogP contribution in [0.25, 0.3) is 11.3 Å². The number of rotatable bonds is 6. The first-order chi connectivity index (χ1) is 18.5. The van der Waals surface area contributed by atoms with Gasteiger partial charge < -0.3 is 15.0 Å². The fraction of sp³-hybridized carbons (Fsp3) is 0.630. The second kappa shape index (κ2) is 10.2. The summed E-state index contributed by atoms with van der Waals surface area (Å²) in [7, 11) is 0. The lowest BCUT2D eigenvalue weighted by molar-refractivity contribution is -0.287. The molecule has 5 rings (SSSR count). The van der Waals surface area contributed by atoms with Crippen LogP contribution in [0.15, 0.2) is 18.3 Å². The predicted octanol–water partition coefficient (Wildman–Crippen LogP) is 4.70. The summed E-state index contributed by atoms with van der Waals surface area (Å²) in [5.41, 5.74) is -1.09. The lowest BCUT2D eigenvalue weighted by Gasteiger charge is -2.42. The fourth-order valence-corrected chi connectivity index (χ4v) is 6.14. The van der Waals surface area contributed by atoms with E-state index in [-0.39, 0.29) is 67.3 Å². The highest BCUT2D eigenvalue weighted by molar-refractivity contribution is 5.94. The lowest BCUT2D eigenvalue weighted by Crippen LogP contribution is -2.55. The highest BCUT2D eigenvalue weighted by Gasteiger charge is 2.57. The number of hydrogen-bond donors (Lipinski definition) is 2. The van der Waals surface area contributed by atoms with Gasteiger partial charge in [-0.3, -0.25) is 19.7 Å². The van der Waals surface area contributed by atoms with Gasteiger partial charge in [0.1, 0.15) is 0 Å². The molecule has 1 spiro atoms. The molecule has 0 radical (unpaired) electrons. The molecule has 1 saturated heterocycles. The topological polar surface area (TPSA) is 100 Å². The number of alkyl halides is 3. The van der Waals surface area contributed by atoms with Crippen LogP contribution in [0.2, 0.25) is 0 Å². The first-order valence-electron chi connectivity index (χ1n) is 13.5. The van der Waals surface area contributed by atoms with Gasteiger partial charge in [-0.2, -0.15) is 18.3 Å². The smallest absolute Gasteiger partial charge is 0.366 e. The molecule has 2 aromatic heterocycles. The molecule has 0 bridgehead atoms. The van der Waals surface area contributed by atoms with E-state index in [9.17, 15) is 27.2 Å².